The number of fused-ring (bicyclic) bond motifs is 5. The quantitative estimate of drug-likeness (QED) is 0.197. The van der Waals surface area contributed by atoms with Crippen molar-refractivity contribution in [3.8, 4) is 55.9 Å². The van der Waals surface area contributed by atoms with E-state index in [9.17, 15) is 0 Å². The summed E-state index contributed by atoms with van der Waals surface area (Å²) >= 11 is 0. The van der Waals surface area contributed by atoms with Crippen molar-refractivity contribution in [2.24, 2.45) is 0 Å². The molecule has 0 fully saturated rings. The van der Waals surface area contributed by atoms with Crippen molar-refractivity contribution >= 4 is 27.5 Å². The van der Waals surface area contributed by atoms with Crippen molar-refractivity contribution in [1.82, 2.24) is 14.4 Å². The molecule has 9 rings (SSSR count). The van der Waals surface area contributed by atoms with Gasteiger partial charge in [0, 0.05) is 28.3 Å². The van der Waals surface area contributed by atoms with Crippen molar-refractivity contribution in [3.05, 3.63) is 176 Å². The fraction of sp³-hybridized carbons (Fsp3) is 0. The molecule has 0 saturated heterocycles. The fourth-order valence-corrected chi connectivity index (χ4v) is 6.68. The molecule has 0 unspecified atom stereocenters. The van der Waals surface area contributed by atoms with E-state index in [0.29, 0.717) is 0 Å². The molecule has 3 heterocycles. The predicted molar refractivity (Wildman–Crippen MR) is 195 cm³/mol. The van der Waals surface area contributed by atoms with Gasteiger partial charge in [0.05, 0.1) is 22.4 Å². The third-order valence-electron chi connectivity index (χ3n) is 8.97. The number of aromatic nitrogens is 3. The van der Waals surface area contributed by atoms with Crippen molar-refractivity contribution in [2.45, 2.75) is 0 Å². The Morgan fingerprint density at radius 2 is 0.936 bits per heavy atom. The predicted octanol–water partition coefficient (Wildman–Crippen LogP) is 11.4. The van der Waals surface area contributed by atoms with Gasteiger partial charge in [-0.25, -0.2) is 9.97 Å². The Labute approximate surface area is 273 Å². The molecule has 220 valence electrons. The molecule has 0 aliphatic rings. The summed E-state index contributed by atoms with van der Waals surface area (Å²) in [5.74, 6) is 0. The SMILES string of the molecule is c1ccc(-c2cc(-c3cccc(-c4cccc(-c5cc6ccccc6c6nc7ccccn7c56)c4)c3)cc(-c3ccccc3)n2)cc1. The van der Waals surface area contributed by atoms with E-state index in [1.807, 2.05) is 18.2 Å². The summed E-state index contributed by atoms with van der Waals surface area (Å²) in [5.41, 5.74) is 14.2. The van der Waals surface area contributed by atoms with Crippen LogP contribution in [0.15, 0.2) is 176 Å². The smallest absolute Gasteiger partial charge is 0.137 e. The number of pyridine rings is 2. The maximum atomic E-state index is 5.08. The van der Waals surface area contributed by atoms with Gasteiger partial charge in [-0.1, -0.05) is 127 Å². The minimum absolute atomic E-state index is 0.950. The van der Waals surface area contributed by atoms with Crippen molar-refractivity contribution in [2.75, 3.05) is 0 Å². The summed E-state index contributed by atoms with van der Waals surface area (Å²) in [7, 11) is 0. The highest BCUT2D eigenvalue weighted by molar-refractivity contribution is 6.12. The summed E-state index contributed by atoms with van der Waals surface area (Å²) in [6, 6.07) is 60.0. The summed E-state index contributed by atoms with van der Waals surface area (Å²) in [6.45, 7) is 0. The van der Waals surface area contributed by atoms with Crippen LogP contribution >= 0.6 is 0 Å². The number of imidazole rings is 1. The van der Waals surface area contributed by atoms with Crippen LogP contribution < -0.4 is 0 Å². The van der Waals surface area contributed by atoms with Gasteiger partial charge in [-0.3, -0.25) is 4.40 Å². The highest BCUT2D eigenvalue weighted by Gasteiger charge is 2.16. The lowest BCUT2D eigenvalue weighted by molar-refractivity contribution is 1.23. The third kappa shape index (κ3) is 4.86. The Hall–Kier alpha value is -6.32. The molecule has 3 nitrogen and oxygen atoms in total. The second-order valence-corrected chi connectivity index (χ2v) is 11.9. The molecule has 0 bridgehead atoms. The normalized spacial score (nSPS) is 11.4. The molecule has 0 saturated carbocycles. The largest absolute Gasteiger partial charge is 0.299 e. The van der Waals surface area contributed by atoms with Crippen molar-refractivity contribution < 1.29 is 0 Å². The highest BCUT2D eigenvalue weighted by Crippen LogP contribution is 2.38. The van der Waals surface area contributed by atoms with Crippen LogP contribution in [-0.2, 0) is 0 Å². The van der Waals surface area contributed by atoms with E-state index >= 15 is 0 Å². The zero-order valence-corrected chi connectivity index (χ0v) is 25.6. The Morgan fingerprint density at radius 1 is 0.383 bits per heavy atom. The Morgan fingerprint density at radius 3 is 1.64 bits per heavy atom. The first-order valence-electron chi connectivity index (χ1n) is 15.9. The van der Waals surface area contributed by atoms with Crippen LogP contribution in [0.1, 0.15) is 0 Å². The van der Waals surface area contributed by atoms with E-state index in [0.717, 1.165) is 55.9 Å². The molecule has 0 aliphatic carbocycles. The lowest BCUT2D eigenvalue weighted by Gasteiger charge is -2.13. The summed E-state index contributed by atoms with van der Waals surface area (Å²) in [6.07, 6.45) is 2.11. The second kappa shape index (κ2) is 11.2. The third-order valence-corrected chi connectivity index (χ3v) is 8.97. The maximum Gasteiger partial charge on any atom is 0.137 e. The number of rotatable bonds is 5. The van der Waals surface area contributed by atoms with Gasteiger partial charge in [0.1, 0.15) is 5.65 Å². The number of nitrogens with zero attached hydrogens (tertiary/aromatic N) is 3. The van der Waals surface area contributed by atoms with Crippen LogP contribution in [0.3, 0.4) is 0 Å². The number of hydrogen-bond donors (Lipinski definition) is 0. The van der Waals surface area contributed by atoms with Crippen molar-refractivity contribution in [3.63, 3.8) is 0 Å². The van der Waals surface area contributed by atoms with E-state index in [1.54, 1.807) is 0 Å². The minimum Gasteiger partial charge on any atom is -0.299 e. The number of benzene rings is 6. The molecule has 0 N–H and O–H groups in total. The van der Waals surface area contributed by atoms with Crippen molar-refractivity contribution in [1.29, 1.82) is 0 Å². The molecule has 0 radical (unpaired) electrons. The lowest BCUT2D eigenvalue weighted by Crippen LogP contribution is -1.91. The van der Waals surface area contributed by atoms with E-state index in [2.05, 4.69) is 162 Å². The van der Waals surface area contributed by atoms with Gasteiger partial charge in [-0.05, 0) is 75.7 Å². The lowest BCUT2D eigenvalue weighted by atomic mass is 9.94. The first-order chi connectivity index (χ1) is 23.3. The maximum absolute atomic E-state index is 5.08. The Kier molecular flexibility index (Phi) is 6.46. The zero-order valence-electron chi connectivity index (χ0n) is 25.6. The van der Waals surface area contributed by atoms with Gasteiger partial charge in [-0.15, -0.1) is 0 Å². The monoisotopic (exact) mass is 599 g/mol. The average molecular weight is 600 g/mol. The molecule has 3 heteroatoms. The van der Waals surface area contributed by atoms with Crippen LogP contribution in [0.4, 0.5) is 0 Å². The first-order valence-corrected chi connectivity index (χ1v) is 15.9. The van der Waals surface area contributed by atoms with Gasteiger partial charge >= 0.3 is 0 Å². The van der Waals surface area contributed by atoms with E-state index in [1.165, 1.54) is 27.5 Å². The molecular weight excluding hydrogens is 571 g/mol. The molecule has 47 heavy (non-hydrogen) atoms. The van der Waals surface area contributed by atoms with Crippen LogP contribution in [0.2, 0.25) is 0 Å². The van der Waals surface area contributed by atoms with Gasteiger partial charge in [0.15, 0.2) is 0 Å². The van der Waals surface area contributed by atoms with E-state index < -0.39 is 0 Å². The molecule has 0 amide bonds. The van der Waals surface area contributed by atoms with Gasteiger partial charge < -0.3 is 0 Å². The Bertz CT molecular complexity index is 2510. The van der Waals surface area contributed by atoms with Gasteiger partial charge in [0.25, 0.3) is 0 Å². The average Bonchev–Trinajstić information content (AvgIpc) is 3.55. The number of hydrogen-bond acceptors (Lipinski definition) is 2. The molecule has 0 spiro atoms. The summed E-state index contributed by atoms with van der Waals surface area (Å²) in [4.78, 5) is 10.2. The molecule has 0 aliphatic heterocycles. The van der Waals surface area contributed by atoms with Gasteiger partial charge in [-0.2, -0.15) is 0 Å². The topological polar surface area (TPSA) is 30.2 Å². The Balaban J connectivity index is 1.18. The standard InChI is InChI=1S/C44H29N3/c1-3-13-30(14-4-1)40-28-37(29-41(45-40)31-15-5-2-6-16-31)34-20-11-18-32(25-34)33-19-12-21-35(26-33)39-27-36-17-7-8-22-38(36)43-44(39)47-24-10-9-23-42(47)46-43/h1-29H. The van der Waals surface area contributed by atoms with E-state index in [-0.39, 0.29) is 0 Å². The molecule has 6 aromatic carbocycles. The second-order valence-electron chi connectivity index (χ2n) is 11.9. The molecule has 9 aromatic rings. The minimum atomic E-state index is 0.950. The van der Waals surface area contributed by atoms with E-state index in [4.69, 9.17) is 9.97 Å². The van der Waals surface area contributed by atoms with Crippen LogP contribution in [-0.4, -0.2) is 14.4 Å². The molecule has 3 aromatic heterocycles. The van der Waals surface area contributed by atoms with Crippen LogP contribution in [0, 0.1) is 0 Å². The fourth-order valence-electron chi connectivity index (χ4n) is 6.68. The first kappa shape index (κ1) is 27.0. The van der Waals surface area contributed by atoms with Gasteiger partial charge in [0.2, 0.25) is 0 Å². The summed E-state index contributed by atoms with van der Waals surface area (Å²) in [5, 5.41) is 2.35. The molecule has 0 atom stereocenters. The molecular formula is C44H29N3. The highest BCUT2D eigenvalue weighted by atomic mass is 15.0. The van der Waals surface area contributed by atoms with Crippen LogP contribution in [0.25, 0.3) is 83.3 Å². The summed E-state index contributed by atoms with van der Waals surface area (Å²) < 4.78 is 2.21. The zero-order chi connectivity index (χ0) is 31.2. The van der Waals surface area contributed by atoms with Crippen LogP contribution in [0.5, 0.6) is 0 Å².